The van der Waals surface area contributed by atoms with Crippen LogP contribution in [-0.4, -0.2) is 76.4 Å². The Kier molecular flexibility index (Phi) is 9.86. The maximum Gasteiger partial charge on any atom is 0.408 e. The van der Waals surface area contributed by atoms with E-state index in [4.69, 9.17) is 4.74 Å². The molecule has 34 heavy (non-hydrogen) atoms. The third-order valence-corrected chi connectivity index (χ3v) is 4.50. The van der Waals surface area contributed by atoms with E-state index < -0.39 is 60.3 Å². The van der Waals surface area contributed by atoms with Crippen LogP contribution in [0.4, 0.5) is 4.79 Å². The number of amides is 3. The number of rotatable bonds is 8. The summed E-state index contributed by atoms with van der Waals surface area (Å²) in [6.07, 6.45) is -0.928. The molecule has 0 spiro atoms. The lowest BCUT2D eigenvalue weighted by atomic mass is 9.95. The third kappa shape index (κ3) is 8.22. The normalized spacial score (nSPS) is 13.3. The largest absolute Gasteiger partial charge is 0.508 e. The van der Waals surface area contributed by atoms with Crippen molar-refractivity contribution >= 4 is 23.9 Å². The number of nitrogens with one attached hydrogen (secondary N) is 2. The monoisotopic (exact) mass is 481 g/mol. The van der Waals surface area contributed by atoms with Crippen molar-refractivity contribution in [2.45, 2.75) is 64.8 Å². The molecule has 0 bridgehead atoms. The third-order valence-electron chi connectivity index (χ3n) is 4.50. The van der Waals surface area contributed by atoms with Crippen molar-refractivity contribution in [1.29, 1.82) is 0 Å². The number of esters is 1. The van der Waals surface area contributed by atoms with Crippen molar-refractivity contribution in [1.82, 2.24) is 15.5 Å². The van der Waals surface area contributed by atoms with Gasteiger partial charge in [-0.2, -0.15) is 0 Å². The molecule has 0 radical (unpaired) electrons. The molecule has 2 atom stereocenters. The van der Waals surface area contributed by atoms with Gasteiger partial charge in [-0.05, 0) is 47.6 Å². The fourth-order valence-corrected chi connectivity index (χ4v) is 3.09. The minimum Gasteiger partial charge on any atom is -0.508 e. The summed E-state index contributed by atoms with van der Waals surface area (Å²) < 4.78 is 9.72. The number of carbonyl (C=O) groups excluding carboxylic acids is 4. The molecule has 0 aromatic heterocycles. The number of nitrogens with zero attached hydrogens (tertiary/aromatic N) is 1. The van der Waals surface area contributed by atoms with Crippen LogP contribution < -0.4 is 10.6 Å². The summed E-state index contributed by atoms with van der Waals surface area (Å²) >= 11 is 0. The molecule has 1 aromatic rings. The summed E-state index contributed by atoms with van der Waals surface area (Å²) in [6.45, 7) is 8.62. The van der Waals surface area contributed by atoms with Crippen LogP contribution in [0.5, 0.6) is 5.75 Å². The smallest absolute Gasteiger partial charge is 0.408 e. The van der Waals surface area contributed by atoms with Crippen LogP contribution in [0.1, 0.15) is 53.1 Å². The van der Waals surface area contributed by atoms with Crippen LogP contribution in [0.15, 0.2) is 24.3 Å². The number of phenols is 1. The van der Waals surface area contributed by atoms with Gasteiger partial charge in [0, 0.05) is 11.1 Å². The Bertz CT molecular complexity index is 889. The molecule has 4 N–H and O–H groups in total. The first-order valence-corrected chi connectivity index (χ1v) is 10.7. The SMILES string of the molecule is COC(=O)CNC(=O)C(c1ccccc1O)N(C(=O)C(CO)NC(=O)OC(C)(C)C)C(C)(C)C. The molecule has 1 rings (SSSR count). The van der Waals surface area contributed by atoms with Crippen molar-refractivity contribution in [3.63, 3.8) is 0 Å². The lowest BCUT2D eigenvalue weighted by Gasteiger charge is -2.42. The number of aliphatic hydroxyl groups is 1. The highest BCUT2D eigenvalue weighted by atomic mass is 16.6. The number of methoxy groups -OCH3 is 1. The van der Waals surface area contributed by atoms with Gasteiger partial charge in [0.2, 0.25) is 11.8 Å². The van der Waals surface area contributed by atoms with Gasteiger partial charge in [0.05, 0.1) is 13.7 Å². The van der Waals surface area contributed by atoms with E-state index in [-0.39, 0.29) is 11.3 Å². The van der Waals surface area contributed by atoms with Gasteiger partial charge in [0.15, 0.2) is 0 Å². The second kappa shape index (κ2) is 11.7. The summed E-state index contributed by atoms with van der Waals surface area (Å²) in [6, 6.07) is 3.07. The Balaban J connectivity index is 3.46. The van der Waals surface area contributed by atoms with Gasteiger partial charge in [-0.1, -0.05) is 18.2 Å². The Morgan fingerprint density at radius 2 is 1.65 bits per heavy atom. The molecule has 11 heteroatoms. The number of alkyl carbamates (subject to hydrolysis) is 1. The molecular weight excluding hydrogens is 446 g/mol. The van der Waals surface area contributed by atoms with E-state index in [9.17, 15) is 29.4 Å². The molecule has 0 aliphatic heterocycles. The Labute approximate surface area is 199 Å². The van der Waals surface area contributed by atoms with Crippen molar-refractivity contribution in [2.24, 2.45) is 0 Å². The summed E-state index contributed by atoms with van der Waals surface area (Å²) in [5.74, 6) is -2.55. The molecule has 0 heterocycles. The molecule has 1 aromatic carbocycles. The second-order valence-electron chi connectivity index (χ2n) is 9.52. The van der Waals surface area contributed by atoms with Crippen molar-refractivity contribution in [3.8, 4) is 5.75 Å². The molecule has 190 valence electrons. The summed E-state index contributed by atoms with van der Waals surface area (Å²) in [5, 5.41) is 25.1. The number of para-hydroxylation sites is 1. The fourth-order valence-electron chi connectivity index (χ4n) is 3.09. The predicted molar refractivity (Wildman–Crippen MR) is 123 cm³/mol. The first-order valence-electron chi connectivity index (χ1n) is 10.7. The van der Waals surface area contributed by atoms with Crippen LogP contribution in [0.25, 0.3) is 0 Å². The van der Waals surface area contributed by atoms with Crippen LogP contribution in [0, 0.1) is 0 Å². The van der Waals surface area contributed by atoms with Gasteiger partial charge >= 0.3 is 12.1 Å². The second-order valence-corrected chi connectivity index (χ2v) is 9.52. The highest BCUT2D eigenvalue weighted by Crippen LogP contribution is 2.34. The van der Waals surface area contributed by atoms with Crippen molar-refractivity contribution in [2.75, 3.05) is 20.3 Å². The number of benzene rings is 1. The molecule has 0 aliphatic rings. The van der Waals surface area contributed by atoms with Crippen LogP contribution in [-0.2, 0) is 23.9 Å². The summed E-state index contributed by atoms with van der Waals surface area (Å²) in [4.78, 5) is 51.8. The van der Waals surface area contributed by atoms with Gasteiger partial charge in [-0.3, -0.25) is 14.4 Å². The molecule has 0 fully saturated rings. The molecule has 0 saturated carbocycles. The predicted octanol–water partition coefficient (Wildman–Crippen LogP) is 1.24. The molecular formula is C23H35N3O8. The van der Waals surface area contributed by atoms with Crippen LogP contribution in [0.3, 0.4) is 0 Å². The zero-order valence-corrected chi connectivity index (χ0v) is 20.7. The number of ether oxygens (including phenoxy) is 2. The van der Waals surface area contributed by atoms with E-state index in [1.165, 1.54) is 12.1 Å². The fraction of sp³-hybridized carbons (Fsp3) is 0.565. The maximum atomic E-state index is 13.6. The Morgan fingerprint density at radius 1 is 1.06 bits per heavy atom. The Morgan fingerprint density at radius 3 is 2.12 bits per heavy atom. The first-order chi connectivity index (χ1) is 15.6. The quantitative estimate of drug-likeness (QED) is 0.404. The number of hydrogen-bond acceptors (Lipinski definition) is 8. The standard InChI is InChI=1S/C23H35N3O8/c1-22(2,3)26(20(31)15(13-27)25-21(32)34-23(4,5)6)18(14-10-8-9-11-16(14)28)19(30)24-12-17(29)33-7/h8-11,15,18,27-28H,12-13H2,1-7H3,(H,24,30)(H,25,32). The topological polar surface area (TPSA) is 154 Å². The minimum atomic E-state index is -1.45. The summed E-state index contributed by atoms with van der Waals surface area (Å²) in [5.41, 5.74) is -1.79. The molecule has 3 amide bonds. The van der Waals surface area contributed by atoms with Gasteiger partial charge in [-0.25, -0.2) is 4.79 Å². The van der Waals surface area contributed by atoms with E-state index in [1.807, 2.05) is 0 Å². The van der Waals surface area contributed by atoms with Crippen molar-refractivity contribution in [3.05, 3.63) is 29.8 Å². The van der Waals surface area contributed by atoms with E-state index in [2.05, 4.69) is 15.4 Å². The maximum absolute atomic E-state index is 13.6. The molecule has 0 saturated heterocycles. The molecule has 2 unspecified atom stereocenters. The van der Waals surface area contributed by atoms with E-state index in [0.717, 1.165) is 12.0 Å². The van der Waals surface area contributed by atoms with Crippen LogP contribution in [0.2, 0.25) is 0 Å². The van der Waals surface area contributed by atoms with E-state index >= 15 is 0 Å². The number of hydrogen-bond donors (Lipinski definition) is 4. The average molecular weight is 482 g/mol. The van der Waals surface area contributed by atoms with Crippen molar-refractivity contribution < 1.29 is 38.9 Å². The lowest BCUT2D eigenvalue weighted by molar-refractivity contribution is -0.150. The number of aliphatic hydroxyl groups excluding tert-OH is 1. The van der Waals surface area contributed by atoms with Crippen LogP contribution >= 0.6 is 0 Å². The van der Waals surface area contributed by atoms with Gasteiger partial charge in [-0.15, -0.1) is 0 Å². The average Bonchev–Trinajstić information content (AvgIpc) is 2.71. The highest BCUT2D eigenvalue weighted by molar-refractivity contribution is 5.94. The number of phenolic OH excluding ortho intramolecular Hbond substituents is 1. The zero-order chi connectivity index (χ0) is 26.3. The number of carbonyl (C=O) groups is 4. The van der Waals surface area contributed by atoms with Gasteiger partial charge in [0.25, 0.3) is 0 Å². The molecule has 0 aliphatic carbocycles. The lowest BCUT2D eigenvalue weighted by Crippen LogP contribution is -2.59. The van der Waals surface area contributed by atoms with E-state index in [1.54, 1.807) is 53.7 Å². The highest BCUT2D eigenvalue weighted by Gasteiger charge is 2.42. The van der Waals surface area contributed by atoms with Gasteiger partial charge < -0.3 is 35.2 Å². The molecule has 11 nitrogen and oxygen atoms in total. The van der Waals surface area contributed by atoms with Gasteiger partial charge in [0.1, 0.15) is 30.0 Å². The Hall–Kier alpha value is -3.34. The first kappa shape index (κ1) is 28.7. The van der Waals surface area contributed by atoms with E-state index in [0.29, 0.717) is 0 Å². The minimum absolute atomic E-state index is 0.0853. The summed E-state index contributed by atoms with van der Waals surface area (Å²) in [7, 11) is 1.16. The number of aromatic hydroxyl groups is 1. The zero-order valence-electron chi connectivity index (χ0n) is 20.7.